The molecule has 0 N–H and O–H groups in total. The van der Waals surface area contributed by atoms with Crippen LogP contribution in [0.2, 0.25) is 18.1 Å². The number of hydrogen-bond acceptors (Lipinski definition) is 1. The van der Waals surface area contributed by atoms with Gasteiger partial charge in [0.05, 0.1) is 0 Å². The fourth-order valence-corrected chi connectivity index (χ4v) is 3.24. The van der Waals surface area contributed by atoms with Crippen LogP contribution in [0.5, 0.6) is 0 Å². The summed E-state index contributed by atoms with van der Waals surface area (Å²) in [6.07, 6.45) is 7.75. The molecule has 0 aliphatic carbocycles. The summed E-state index contributed by atoms with van der Waals surface area (Å²) < 4.78 is 6.21. The van der Waals surface area contributed by atoms with Crippen LogP contribution in [0.3, 0.4) is 0 Å². The van der Waals surface area contributed by atoms with E-state index in [1.54, 1.807) is 0 Å². The van der Waals surface area contributed by atoms with E-state index in [9.17, 15) is 0 Å². The van der Waals surface area contributed by atoms with Crippen LogP contribution in [-0.2, 0) is 10.8 Å². The van der Waals surface area contributed by atoms with Crippen molar-refractivity contribution in [3.05, 3.63) is 35.9 Å². The predicted octanol–water partition coefficient (Wildman–Crippen LogP) is 6.20. The quantitative estimate of drug-likeness (QED) is 0.390. The molecule has 0 heterocycles. The summed E-state index contributed by atoms with van der Waals surface area (Å²) >= 11 is 0. The molecule has 1 aromatic carbocycles. The third-order valence-corrected chi connectivity index (χ3v) is 9.26. The maximum absolute atomic E-state index is 6.21. The van der Waals surface area contributed by atoms with Crippen LogP contribution in [0, 0.1) is 0 Å². The molecule has 0 spiro atoms. The fraction of sp³-hybridized carbons (Fsp3) is 0.684. The molecule has 0 saturated carbocycles. The van der Waals surface area contributed by atoms with Crippen molar-refractivity contribution in [3.8, 4) is 0 Å². The van der Waals surface area contributed by atoms with E-state index >= 15 is 0 Å². The van der Waals surface area contributed by atoms with Crippen LogP contribution in [0.1, 0.15) is 58.4 Å². The lowest BCUT2D eigenvalue weighted by molar-refractivity contribution is 0.277. The molecule has 0 aliphatic heterocycles. The first-order valence-electron chi connectivity index (χ1n) is 8.51. The third-order valence-electron chi connectivity index (χ3n) is 4.72. The Labute approximate surface area is 133 Å². The number of aryl methyl sites for hydroxylation is 1. The minimum Gasteiger partial charge on any atom is -0.417 e. The van der Waals surface area contributed by atoms with Crippen molar-refractivity contribution >= 4 is 8.32 Å². The van der Waals surface area contributed by atoms with Crippen molar-refractivity contribution in [3.63, 3.8) is 0 Å². The number of benzene rings is 1. The van der Waals surface area contributed by atoms with Crippen LogP contribution in [-0.4, -0.2) is 14.9 Å². The molecule has 0 aliphatic rings. The van der Waals surface area contributed by atoms with Gasteiger partial charge >= 0.3 is 0 Å². The van der Waals surface area contributed by atoms with E-state index < -0.39 is 8.32 Å². The molecule has 0 fully saturated rings. The Bertz CT molecular complexity index is 378. The Hall–Kier alpha value is -0.603. The fourth-order valence-electron chi connectivity index (χ4n) is 2.15. The summed E-state index contributed by atoms with van der Waals surface area (Å²) in [5.74, 6) is 0. The van der Waals surface area contributed by atoms with Gasteiger partial charge in [-0.2, -0.15) is 0 Å². The lowest BCUT2D eigenvalue weighted by Gasteiger charge is -2.36. The van der Waals surface area contributed by atoms with Crippen LogP contribution >= 0.6 is 0 Å². The Morgan fingerprint density at radius 1 is 0.857 bits per heavy atom. The van der Waals surface area contributed by atoms with E-state index in [1.807, 2.05) is 0 Å². The molecule has 21 heavy (non-hydrogen) atoms. The van der Waals surface area contributed by atoms with E-state index in [1.165, 1.54) is 44.1 Å². The number of hydrogen-bond donors (Lipinski definition) is 0. The summed E-state index contributed by atoms with van der Waals surface area (Å²) in [6.45, 7) is 12.6. The Kier molecular flexibility index (Phi) is 7.68. The van der Waals surface area contributed by atoms with E-state index in [-0.39, 0.29) is 0 Å². The highest BCUT2D eigenvalue weighted by Crippen LogP contribution is 2.36. The summed E-state index contributed by atoms with van der Waals surface area (Å²) in [5, 5.41) is 0.336. The van der Waals surface area contributed by atoms with Gasteiger partial charge in [-0.3, -0.25) is 0 Å². The molecule has 0 unspecified atom stereocenters. The zero-order valence-corrected chi connectivity index (χ0v) is 15.7. The summed E-state index contributed by atoms with van der Waals surface area (Å²) in [4.78, 5) is 0. The summed E-state index contributed by atoms with van der Waals surface area (Å²) in [6, 6.07) is 10.8. The topological polar surface area (TPSA) is 9.23 Å². The molecule has 0 radical (unpaired) electrons. The molecule has 0 saturated heterocycles. The first-order chi connectivity index (χ1) is 9.83. The highest BCUT2D eigenvalue weighted by Gasteiger charge is 2.36. The molecule has 2 heteroatoms. The molecule has 1 nitrogen and oxygen atoms in total. The summed E-state index contributed by atoms with van der Waals surface area (Å²) in [7, 11) is -1.52. The van der Waals surface area contributed by atoms with E-state index in [2.05, 4.69) is 64.2 Å². The monoisotopic (exact) mass is 306 g/mol. The largest absolute Gasteiger partial charge is 0.417 e. The molecule has 120 valence electrons. The van der Waals surface area contributed by atoms with E-state index in [4.69, 9.17) is 4.43 Å². The maximum atomic E-state index is 6.21. The number of rotatable bonds is 9. The van der Waals surface area contributed by atoms with Gasteiger partial charge in [-0.25, -0.2) is 0 Å². The average Bonchev–Trinajstić information content (AvgIpc) is 2.41. The van der Waals surface area contributed by atoms with Crippen molar-refractivity contribution < 1.29 is 4.43 Å². The van der Waals surface area contributed by atoms with Crippen LogP contribution in [0.4, 0.5) is 0 Å². The second-order valence-corrected chi connectivity index (χ2v) is 12.4. The predicted molar refractivity (Wildman–Crippen MR) is 96.4 cm³/mol. The van der Waals surface area contributed by atoms with Crippen molar-refractivity contribution in [2.24, 2.45) is 0 Å². The van der Waals surface area contributed by atoms with E-state index in [0.29, 0.717) is 5.04 Å². The molecule has 0 amide bonds. The molecule has 1 rings (SSSR count). The van der Waals surface area contributed by atoms with Gasteiger partial charge in [-0.05, 0) is 43.0 Å². The first kappa shape index (κ1) is 18.4. The maximum Gasteiger partial charge on any atom is 0.191 e. The second kappa shape index (κ2) is 8.75. The van der Waals surface area contributed by atoms with Gasteiger partial charge in [-0.1, -0.05) is 70.4 Å². The zero-order chi connectivity index (χ0) is 15.8. The molecular weight excluding hydrogens is 272 g/mol. The van der Waals surface area contributed by atoms with Gasteiger partial charge in [0.25, 0.3) is 0 Å². The molecule has 1 aromatic rings. The lowest BCUT2D eigenvalue weighted by atomic mass is 10.1. The minimum absolute atomic E-state index is 0.336. The van der Waals surface area contributed by atoms with Crippen LogP contribution < -0.4 is 0 Å². The Morgan fingerprint density at radius 2 is 1.43 bits per heavy atom. The standard InChI is InChI=1S/C19H34OSi/c1-19(2,3)21(4,5)20-17-13-8-6-7-10-14-18-15-11-9-12-16-18/h9,11-12,15-16H,6-8,10,13-14,17H2,1-5H3. The van der Waals surface area contributed by atoms with Gasteiger partial charge in [0.2, 0.25) is 0 Å². The van der Waals surface area contributed by atoms with Crippen molar-refractivity contribution in [2.75, 3.05) is 6.61 Å². The van der Waals surface area contributed by atoms with Crippen molar-refractivity contribution in [1.29, 1.82) is 0 Å². The average molecular weight is 307 g/mol. The van der Waals surface area contributed by atoms with Gasteiger partial charge in [0, 0.05) is 6.61 Å². The highest BCUT2D eigenvalue weighted by atomic mass is 28.4. The van der Waals surface area contributed by atoms with Gasteiger partial charge in [0.1, 0.15) is 0 Å². The zero-order valence-electron chi connectivity index (χ0n) is 14.7. The molecule has 0 aromatic heterocycles. The first-order valence-corrected chi connectivity index (χ1v) is 11.4. The second-order valence-electron chi connectivity index (χ2n) is 7.61. The van der Waals surface area contributed by atoms with Crippen molar-refractivity contribution in [2.45, 2.75) is 77.4 Å². The molecule has 0 bridgehead atoms. The van der Waals surface area contributed by atoms with Gasteiger partial charge < -0.3 is 4.43 Å². The normalized spacial score (nSPS) is 12.6. The Balaban J connectivity index is 2.00. The molecular formula is C19H34OSi. The van der Waals surface area contributed by atoms with Crippen molar-refractivity contribution in [1.82, 2.24) is 0 Å². The van der Waals surface area contributed by atoms with E-state index in [0.717, 1.165) is 6.61 Å². The van der Waals surface area contributed by atoms with Crippen LogP contribution in [0.25, 0.3) is 0 Å². The SMILES string of the molecule is CC(C)(C)[Si](C)(C)OCCCCCCCc1ccccc1. The number of unbranched alkanes of at least 4 members (excludes halogenated alkanes) is 4. The highest BCUT2D eigenvalue weighted by molar-refractivity contribution is 6.74. The van der Waals surface area contributed by atoms with Gasteiger partial charge in [-0.15, -0.1) is 0 Å². The Morgan fingerprint density at radius 3 is 2.05 bits per heavy atom. The third kappa shape index (κ3) is 7.28. The lowest BCUT2D eigenvalue weighted by Crippen LogP contribution is -2.40. The summed E-state index contributed by atoms with van der Waals surface area (Å²) in [5.41, 5.74) is 1.47. The smallest absolute Gasteiger partial charge is 0.191 e. The minimum atomic E-state index is -1.52. The van der Waals surface area contributed by atoms with Gasteiger partial charge in [0.15, 0.2) is 8.32 Å². The van der Waals surface area contributed by atoms with Crippen LogP contribution in [0.15, 0.2) is 30.3 Å². The molecule has 0 atom stereocenters.